The van der Waals surface area contributed by atoms with E-state index in [1.165, 1.54) is 7.11 Å². The maximum Gasteiger partial charge on any atom is 0.138 e. The molecular formula is C15H14Cl2FNO. The van der Waals surface area contributed by atoms with Gasteiger partial charge in [0, 0.05) is 16.7 Å². The smallest absolute Gasteiger partial charge is 0.138 e. The van der Waals surface area contributed by atoms with Crippen LogP contribution in [0.3, 0.4) is 0 Å². The molecule has 0 amide bonds. The molecule has 2 rings (SSSR count). The van der Waals surface area contributed by atoms with E-state index in [4.69, 9.17) is 33.7 Å². The Morgan fingerprint density at radius 3 is 2.50 bits per heavy atom. The molecule has 0 aliphatic heterocycles. The fourth-order valence-electron chi connectivity index (χ4n) is 2.02. The number of benzene rings is 2. The van der Waals surface area contributed by atoms with Gasteiger partial charge in [0.15, 0.2) is 0 Å². The summed E-state index contributed by atoms with van der Waals surface area (Å²) in [4.78, 5) is 0. The first kappa shape index (κ1) is 15.1. The number of nitrogens with two attached hydrogens (primary N) is 1. The van der Waals surface area contributed by atoms with Gasteiger partial charge in [-0.25, -0.2) is 4.39 Å². The number of rotatable bonds is 3. The lowest BCUT2D eigenvalue weighted by Gasteiger charge is -2.17. The average Bonchev–Trinajstić information content (AvgIpc) is 2.43. The molecule has 2 aromatic rings. The highest BCUT2D eigenvalue weighted by Gasteiger charge is 2.19. The van der Waals surface area contributed by atoms with Crippen molar-refractivity contribution in [1.29, 1.82) is 0 Å². The van der Waals surface area contributed by atoms with Crippen LogP contribution in [0, 0.1) is 12.7 Å². The molecule has 0 saturated carbocycles. The summed E-state index contributed by atoms with van der Waals surface area (Å²) >= 11 is 12.2. The van der Waals surface area contributed by atoms with Gasteiger partial charge in [0.05, 0.1) is 18.2 Å². The molecule has 1 unspecified atom stereocenters. The van der Waals surface area contributed by atoms with Gasteiger partial charge in [0.25, 0.3) is 0 Å². The topological polar surface area (TPSA) is 35.2 Å². The predicted molar refractivity (Wildman–Crippen MR) is 80.2 cm³/mol. The highest BCUT2D eigenvalue weighted by atomic mass is 35.5. The lowest BCUT2D eigenvalue weighted by Crippen LogP contribution is -2.15. The number of methoxy groups -OCH3 is 1. The van der Waals surface area contributed by atoms with Crippen molar-refractivity contribution in [3.63, 3.8) is 0 Å². The van der Waals surface area contributed by atoms with Gasteiger partial charge in [-0.3, -0.25) is 0 Å². The highest BCUT2D eigenvalue weighted by Crippen LogP contribution is 2.36. The van der Waals surface area contributed by atoms with Crippen molar-refractivity contribution in [1.82, 2.24) is 0 Å². The molecule has 2 N–H and O–H groups in total. The fraction of sp³-hybridized carbons (Fsp3) is 0.200. The van der Waals surface area contributed by atoms with Crippen molar-refractivity contribution in [3.8, 4) is 5.75 Å². The molecule has 0 spiro atoms. The van der Waals surface area contributed by atoms with Gasteiger partial charge >= 0.3 is 0 Å². The van der Waals surface area contributed by atoms with Crippen molar-refractivity contribution >= 4 is 23.2 Å². The summed E-state index contributed by atoms with van der Waals surface area (Å²) < 4.78 is 19.2. The van der Waals surface area contributed by atoms with E-state index in [0.717, 1.165) is 0 Å². The largest absolute Gasteiger partial charge is 0.495 e. The van der Waals surface area contributed by atoms with E-state index >= 15 is 0 Å². The van der Waals surface area contributed by atoms with Crippen molar-refractivity contribution < 1.29 is 9.13 Å². The molecule has 1 atom stereocenters. The Labute approximate surface area is 127 Å². The first-order valence-electron chi connectivity index (χ1n) is 5.99. The van der Waals surface area contributed by atoms with Crippen LogP contribution in [0.2, 0.25) is 10.0 Å². The van der Waals surface area contributed by atoms with Crippen LogP contribution in [0.25, 0.3) is 0 Å². The lowest BCUT2D eigenvalue weighted by molar-refractivity contribution is 0.415. The molecule has 20 heavy (non-hydrogen) atoms. The first-order valence-corrected chi connectivity index (χ1v) is 6.74. The van der Waals surface area contributed by atoms with Crippen LogP contribution in [-0.4, -0.2) is 7.11 Å². The molecule has 2 nitrogen and oxygen atoms in total. The molecular weight excluding hydrogens is 300 g/mol. The summed E-state index contributed by atoms with van der Waals surface area (Å²) in [6.45, 7) is 1.69. The van der Waals surface area contributed by atoms with Crippen molar-refractivity contribution in [3.05, 3.63) is 62.9 Å². The van der Waals surface area contributed by atoms with E-state index in [-0.39, 0.29) is 5.82 Å². The third-order valence-electron chi connectivity index (χ3n) is 3.16. The minimum Gasteiger partial charge on any atom is -0.495 e. The second-order valence-electron chi connectivity index (χ2n) is 4.46. The van der Waals surface area contributed by atoms with Crippen molar-refractivity contribution in [2.24, 2.45) is 5.73 Å². The maximum atomic E-state index is 14.1. The summed E-state index contributed by atoms with van der Waals surface area (Å²) in [5, 5.41) is 0.773. The van der Waals surface area contributed by atoms with E-state index < -0.39 is 6.04 Å². The van der Waals surface area contributed by atoms with Gasteiger partial charge in [0.1, 0.15) is 11.6 Å². The summed E-state index contributed by atoms with van der Waals surface area (Å²) in [6, 6.07) is 7.58. The molecule has 0 bridgehead atoms. The third kappa shape index (κ3) is 2.75. The third-order valence-corrected chi connectivity index (χ3v) is 3.79. The van der Waals surface area contributed by atoms with Crippen molar-refractivity contribution in [2.75, 3.05) is 7.11 Å². The number of halogens is 3. The summed E-state index contributed by atoms with van der Waals surface area (Å²) in [5.74, 6) is 0.125. The molecule has 0 heterocycles. The van der Waals surface area contributed by atoms with E-state index in [1.807, 2.05) is 0 Å². The minimum atomic E-state index is -0.689. The van der Waals surface area contributed by atoms with Gasteiger partial charge in [-0.15, -0.1) is 0 Å². The zero-order valence-corrected chi connectivity index (χ0v) is 12.6. The fourth-order valence-corrected chi connectivity index (χ4v) is 2.54. The van der Waals surface area contributed by atoms with Gasteiger partial charge < -0.3 is 10.5 Å². The molecule has 0 fully saturated rings. The molecule has 106 valence electrons. The number of hydrogen-bond donors (Lipinski definition) is 1. The lowest BCUT2D eigenvalue weighted by atomic mass is 9.97. The summed E-state index contributed by atoms with van der Waals surface area (Å²) in [7, 11) is 1.50. The molecule has 5 heteroatoms. The normalized spacial score (nSPS) is 12.3. The Bertz CT molecular complexity index is 646. The van der Waals surface area contributed by atoms with E-state index in [2.05, 4.69) is 0 Å². The Kier molecular flexibility index (Phi) is 4.53. The maximum absolute atomic E-state index is 14.1. The minimum absolute atomic E-state index is 0.331. The van der Waals surface area contributed by atoms with Gasteiger partial charge in [0.2, 0.25) is 0 Å². The standard InChI is InChI=1S/C15H14Cl2FNO/c1-8-4-3-5-9(14(8)18)15(19)10-6-12(17)13(20-2)7-11(10)16/h3-7,15H,19H2,1-2H3. The van der Waals surface area contributed by atoms with Gasteiger partial charge in [-0.1, -0.05) is 41.4 Å². The molecule has 0 saturated heterocycles. The second kappa shape index (κ2) is 6.00. The quantitative estimate of drug-likeness (QED) is 0.905. The van der Waals surface area contributed by atoms with Gasteiger partial charge in [-0.05, 0) is 24.1 Å². The Morgan fingerprint density at radius 2 is 1.85 bits per heavy atom. The van der Waals surface area contributed by atoms with Crippen LogP contribution in [0.4, 0.5) is 4.39 Å². The number of hydrogen-bond acceptors (Lipinski definition) is 2. The summed E-state index contributed by atoms with van der Waals surface area (Å²) in [5.41, 5.74) is 7.60. The first-order chi connectivity index (χ1) is 9.45. The molecule has 2 aromatic carbocycles. The van der Waals surface area contributed by atoms with Crippen LogP contribution in [0.1, 0.15) is 22.7 Å². The zero-order valence-electron chi connectivity index (χ0n) is 11.1. The van der Waals surface area contributed by atoms with E-state index in [9.17, 15) is 4.39 Å². The van der Waals surface area contributed by atoms with Crippen LogP contribution < -0.4 is 10.5 Å². The summed E-state index contributed by atoms with van der Waals surface area (Å²) in [6.07, 6.45) is 0. The van der Waals surface area contributed by atoms with E-state index in [1.54, 1.807) is 37.3 Å². The van der Waals surface area contributed by atoms with Crippen LogP contribution in [-0.2, 0) is 0 Å². The highest BCUT2D eigenvalue weighted by molar-refractivity contribution is 6.34. The molecule has 0 aliphatic carbocycles. The van der Waals surface area contributed by atoms with Crippen LogP contribution in [0.5, 0.6) is 5.75 Å². The Hall–Kier alpha value is -1.29. The Morgan fingerprint density at radius 1 is 1.15 bits per heavy atom. The van der Waals surface area contributed by atoms with Gasteiger partial charge in [-0.2, -0.15) is 0 Å². The molecule has 0 aliphatic rings. The van der Waals surface area contributed by atoms with Crippen molar-refractivity contribution in [2.45, 2.75) is 13.0 Å². The number of aryl methyl sites for hydroxylation is 1. The molecule has 0 aromatic heterocycles. The SMILES string of the molecule is COc1cc(Cl)c(C(N)c2cccc(C)c2F)cc1Cl. The van der Waals surface area contributed by atoms with Crippen LogP contribution >= 0.6 is 23.2 Å². The van der Waals surface area contributed by atoms with Crippen LogP contribution in [0.15, 0.2) is 30.3 Å². The molecule has 0 radical (unpaired) electrons. The second-order valence-corrected chi connectivity index (χ2v) is 5.28. The predicted octanol–water partition coefficient (Wildman–Crippen LogP) is 4.50. The zero-order chi connectivity index (χ0) is 14.9. The average molecular weight is 314 g/mol. The van der Waals surface area contributed by atoms with E-state index in [0.29, 0.717) is 32.5 Å². The Balaban J connectivity index is 2.51. The monoisotopic (exact) mass is 313 g/mol. The number of ether oxygens (including phenoxy) is 1.